The summed E-state index contributed by atoms with van der Waals surface area (Å²) in [6.07, 6.45) is 6.48. The van der Waals surface area contributed by atoms with E-state index in [0.717, 1.165) is 51.6 Å². The van der Waals surface area contributed by atoms with E-state index in [2.05, 4.69) is 66.0 Å². The van der Waals surface area contributed by atoms with Crippen molar-refractivity contribution in [2.75, 3.05) is 13.1 Å². The standard InChI is InChI=1S/C22H33N3/c23-17-7-12-21(24)18-25-22(15-13-19-8-3-1-4-9-19)16-14-20-10-5-2-6-11-20/h1-6,8-11,21-22,25H,7,12-18,23-24H2. The Morgan fingerprint density at radius 1 is 0.760 bits per heavy atom. The fourth-order valence-corrected chi connectivity index (χ4v) is 3.12. The molecule has 0 spiro atoms. The summed E-state index contributed by atoms with van der Waals surface area (Å²) >= 11 is 0. The molecule has 0 aliphatic carbocycles. The molecule has 0 aliphatic rings. The van der Waals surface area contributed by atoms with Gasteiger partial charge in [0.15, 0.2) is 0 Å². The lowest BCUT2D eigenvalue weighted by Gasteiger charge is -2.21. The van der Waals surface area contributed by atoms with Crippen LogP contribution in [0.4, 0.5) is 0 Å². The molecule has 1 unspecified atom stereocenters. The average Bonchev–Trinajstić information content (AvgIpc) is 2.67. The molecule has 0 aliphatic heterocycles. The first-order chi connectivity index (χ1) is 12.3. The van der Waals surface area contributed by atoms with Crippen LogP contribution < -0.4 is 16.8 Å². The van der Waals surface area contributed by atoms with Crippen molar-refractivity contribution in [2.45, 2.75) is 50.6 Å². The Hall–Kier alpha value is -1.68. The van der Waals surface area contributed by atoms with Crippen molar-refractivity contribution in [2.24, 2.45) is 11.5 Å². The third-order valence-corrected chi connectivity index (χ3v) is 4.70. The van der Waals surface area contributed by atoms with E-state index in [9.17, 15) is 0 Å². The van der Waals surface area contributed by atoms with E-state index in [4.69, 9.17) is 11.5 Å². The highest BCUT2D eigenvalue weighted by molar-refractivity contribution is 5.16. The average molecular weight is 340 g/mol. The van der Waals surface area contributed by atoms with Crippen LogP contribution in [-0.2, 0) is 12.8 Å². The monoisotopic (exact) mass is 339 g/mol. The van der Waals surface area contributed by atoms with Crippen molar-refractivity contribution in [3.8, 4) is 0 Å². The lowest BCUT2D eigenvalue weighted by atomic mass is 9.98. The fraction of sp³-hybridized carbons (Fsp3) is 0.455. The topological polar surface area (TPSA) is 64.1 Å². The Morgan fingerprint density at radius 2 is 1.28 bits per heavy atom. The van der Waals surface area contributed by atoms with Gasteiger partial charge in [0.05, 0.1) is 0 Å². The molecule has 0 amide bonds. The molecule has 25 heavy (non-hydrogen) atoms. The summed E-state index contributed by atoms with van der Waals surface area (Å²) in [4.78, 5) is 0. The number of nitrogens with two attached hydrogens (primary N) is 2. The molecule has 0 saturated heterocycles. The van der Waals surface area contributed by atoms with Crippen LogP contribution in [0, 0.1) is 0 Å². The van der Waals surface area contributed by atoms with Crippen molar-refractivity contribution in [1.82, 2.24) is 5.32 Å². The van der Waals surface area contributed by atoms with Gasteiger partial charge in [-0.05, 0) is 56.2 Å². The zero-order valence-electron chi connectivity index (χ0n) is 15.2. The summed E-state index contributed by atoms with van der Waals surface area (Å²) in [5.41, 5.74) is 14.6. The van der Waals surface area contributed by atoms with Gasteiger partial charge in [-0.2, -0.15) is 0 Å². The molecule has 1 atom stereocenters. The van der Waals surface area contributed by atoms with Crippen LogP contribution in [0.2, 0.25) is 0 Å². The van der Waals surface area contributed by atoms with E-state index in [1.165, 1.54) is 11.1 Å². The number of rotatable bonds is 12. The fourth-order valence-electron chi connectivity index (χ4n) is 3.12. The van der Waals surface area contributed by atoms with Crippen LogP contribution >= 0.6 is 0 Å². The van der Waals surface area contributed by atoms with Gasteiger partial charge in [0.25, 0.3) is 0 Å². The van der Waals surface area contributed by atoms with Crippen molar-refractivity contribution >= 4 is 0 Å². The highest BCUT2D eigenvalue weighted by Gasteiger charge is 2.11. The maximum Gasteiger partial charge on any atom is 0.0165 e. The molecular weight excluding hydrogens is 306 g/mol. The second-order valence-electron chi connectivity index (χ2n) is 6.84. The van der Waals surface area contributed by atoms with Gasteiger partial charge in [0, 0.05) is 18.6 Å². The summed E-state index contributed by atoms with van der Waals surface area (Å²) in [6.45, 7) is 1.59. The molecular formula is C22H33N3. The van der Waals surface area contributed by atoms with Crippen molar-refractivity contribution < 1.29 is 0 Å². The van der Waals surface area contributed by atoms with Gasteiger partial charge in [0.2, 0.25) is 0 Å². The third-order valence-electron chi connectivity index (χ3n) is 4.70. The Kier molecular flexibility index (Phi) is 9.27. The maximum atomic E-state index is 6.20. The maximum absolute atomic E-state index is 6.20. The largest absolute Gasteiger partial charge is 0.330 e. The number of hydrogen-bond donors (Lipinski definition) is 3. The predicted octanol–water partition coefficient (Wildman–Crippen LogP) is 3.28. The Balaban J connectivity index is 1.83. The van der Waals surface area contributed by atoms with Crippen LogP contribution in [0.25, 0.3) is 0 Å². The molecule has 3 nitrogen and oxygen atoms in total. The minimum absolute atomic E-state index is 0.194. The first-order valence-electron chi connectivity index (χ1n) is 9.55. The Bertz CT molecular complexity index is 512. The van der Waals surface area contributed by atoms with Gasteiger partial charge in [-0.15, -0.1) is 0 Å². The number of hydrogen-bond acceptors (Lipinski definition) is 3. The van der Waals surface area contributed by atoms with Gasteiger partial charge < -0.3 is 16.8 Å². The van der Waals surface area contributed by atoms with Crippen LogP contribution in [0.15, 0.2) is 60.7 Å². The SMILES string of the molecule is NCCCC(N)CNC(CCc1ccccc1)CCc1ccccc1. The molecule has 0 radical (unpaired) electrons. The molecule has 2 aromatic carbocycles. The summed E-state index contributed by atoms with van der Waals surface area (Å²) < 4.78 is 0. The number of aryl methyl sites for hydroxylation is 2. The highest BCUT2D eigenvalue weighted by atomic mass is 14.9. The molecule has 2 aromatic rings. The van der Waals surface area contributed by atoms with E-state index >= 15 is 0 Å². The van der Waals surface area contributed by atoms with E-state index in [1.807, 2.05) is 0 Å². The molecule has 0 fully saturated rings. The van der Waals surface area contributed by atoms with Gasteiger partial charge in [-0.1, -0.05) is 60.7 Å². The molecule has 3 heteroatoms. The smallest absolute Gasteiger partial charge is 0.0165 e. The predicted molar refractivity (Wildman–Crippen MR) is 108 cm³/mol. The summed E-state index contributed by atoms with van der Waals surface area (Å²) in [5.74, 6) is 0. The van der Waals surface area contributed by atoms with E-state index in [1.54, 1.807) is 0 Å². The summed E-state index contributed by atoms with van der Waals surface area (Å²) in [6, 6.07) is 22.1. The first-order valence-corrected chi connectivity index (χ1v) is 9.55. The molecule has 0 aromatic heterocycles. The quantitative estimate of drug-likeness (QED) is 0.556. The molecule has 2 rings (SSSR count). The first kappa shape index (κ1) is 19.6. The molecule has 0 saturated carbocycles. The molecule has 0 bridgehead atoms. The minimum Gasteiger partial charge on any atom is -0.330 e. The third kappa shape index (κ3) is 8.30. The van der Waals surface area contributed by atoms with Crippen LogP contribution in [0.3, 0.4) is 0 Å². The van der Waals surface area contributed by atoms with Crippen LogP contribution in [0.5, 0.6) is 0 Å². The van der Waals surface area contributed by atoms with Gasteiger partial charge in [-0.25, -0.2) is 0 Å². The van der Waals surface area contributed by atoms with E-state index < -0.39 is 0 Å². The van der Waals surface area contributed by atoms with Crippen molar-refractivity contribution in [1.29, 1.82) is 0 Å². The van der Waals surface area contributed by atoms with E-state index in [-0.39, 0.29) is 6.04 Å². The highest BCUT2D eigenvalue weighted by Crippen LogP contribution is 2.11. The molecule has 136 valence electrons. The minimum atomic E-state index is 0.194. The Labute approximate surface area is 152 Å². The number of benzene rings is 2. The summed E-state index contributed by atoms with van der Waals surface area (Å²) in [5, 5.41) is 3.70. The Morgan fingerprint density at radius 3 is 1.76 bits per heavy atom. The molecule has 5 N–H and O–H groups in total. The lowest BCUT2D eigenvalue weighted by Crippen LogP contribution is -2.40. The second kappa shape index (κ2) is 11.8. The zero-order chi connectivity index (χ0) is 17.7. The summed E-state index contributed by atoms with van der Waals surface area (Å²) in [7, 11) is 0. The zero-order valence-corrected chi connectivity index (χ0v) is 15.2. The normalized spacial score (nSPS) is 12.4. The van der Waals surface area contributed by atoms with Crippen molar-refractivity contribution in [3.63, 3.8) is 0 Å². The van der Waals surface area contributed by atoms with Crippen molar-refractivity contribution in [3.05, 3.63) is 71.8 Å². The van der Waals surface area contributed by atoms with Gasteiger partial charge in [0.1, 0.15) is 0 Å². The van der Waals surface area contributed by atoms with E-state index in [0.29, 0.717) is 6.04 Å². The second-order valence-corrected chi connectivity index (χ2v) is 6.84. The number of nitrogens with one attached hydrogen (secondary N) is 1. The van der Waals surface area contributed by atoms with Crippen LogP contribution in [-0.4, -0.2) is 25.2 Å². The van der Waals surface area contributed by atoms with Gasteiger partial charge >= 0.3 is 0 Å². The molecule has 0 heterocycles. The van der Waals surface area contributed by atoms with Crippen LogP contribution in [0.1, 0.15) is 36.8 Å². The lowest BCUT2D eigenvalue weighted by molar-refractivity contribution is 0.422. The van der Waals surface area contributed by atoms with Gasteiger partial charge in [-0.3, -0.25) is 0 Å².